The molecule has 0 radical (unpaired) electrons. The van der Waals surface area contributed by atoms with Crippen molar-refractivity contribution < 1.29 is 9.47 Å². The molecule has 0 amide bonds. The lowest BCUT2D eigenvalue weighted by atomic mass is 9.71. The van der Waals surface area contributed by atoms with Crippen LogP contribution in [0, 0.1) is 11.3 Å². The molecule has 0 unspecified atom stereocenters. The molecule has 2 heterocycles. The standard InChI is InChI=1S/C18H34N2O2/c1-21-12-11-19-13-16(14-22-2)18(15-19)7-9-20(10-8-18)17-5-3-4-6-17/h16-17H,3-15H2,1-2H3/t16-/m0/s1. The van der Waals surface area contributed by atoms with E-state index in [9.17, 15) is 0 Å². The number of likely N-dealkylation sites (tertiary alicyclic amines) is 2. The summed E-state index contributed by atoms with van der Waals surface area (Å²) in [5, 5.41) is 0. The average molecular weight is 310 g/mol. The van der Waals surface area contributed by atoms with Crippen LogP contribution in [0.1, 0.15) is 38.5 Å². The zero-order valence-corrected chi connectivity index (χ0v) is 14.6. The molecule has 4 nitrogen and oxygen atoms in total. The summed E-state index contributed by atoms with van der Waals surface area (Å²) in [5.74, 6) is 0.708. The third kappa shape index (κ3) is 3.50. The predicted octanol–water partition coefficient (Wildman–Crippen LogP) is 2.24. The summed E-state index contributed by atoms with van der Waals surface area (Å²) in [6.07, 6.45) is 8.50. The first-order valence-electron chi connectivity index (χ1n) is 9.22. The van der Waals surface area contributed by atoms with E-state index < -0.39 is 0 Å². The first-order valence-corrected chi connectivity index (χ1v) is 9.22. The summed E-state index contributed by atoms with van der Waals surface area (Å²) in [5.41, 5.74) is 0.499. The third-order valence-electron chi connectivity index (χ3n) is 6.50. The van der Waals surface area contributed by atoms with E-state index in [0.29, 0.717) is 11.3 Å². The van der Waals surface area contributed by atoms with Crippen LogP contribution < -0.4 is 0 Å². The topological polar surface area (TPSA) is 24.9 Å². The van der Waals surface area contributed by atoms with Crippen LogP contribution in [0.5, 0.6) is 0 Å². The Kier molecular flexibility index (Phi) is 5.77. The molecule has 2 aliphatic heterocycles. The smallest absolute Gasteiger partial charge is 0.0589 e. The van der Waals surface area contributed by atoms with Gasteiger partial charge in [-0.25, -0.2) is 0 Å². The molecular weight excluding hydrogens is 276 g/mol. The van der Waals surface area contributed by atoms with E-state index in [1.807, 2.05) is 7.11 Å². The Bertz CT molecular complexity index is 336. The molecule has 3 aliphatic rings. The Morgan fingerprint density at radius 3 is 2.41 bits per heavy atom. The van der Waals surface area contributed by atoms with Crippen molar-refractivity contribution in [3.63, 3.8) is 0 Å². The van der Waals surface area contributed by atoms with Crippen LogP contribution in [0.2, 0.25) is 0 Å². The molecule has 1 atom stereocenters. The van der Waals surface area contributed by atoms with Gasteiger partial charge in [-0.1, -0.05) is 12.8 Å². The third-order valence-corrected chi connectivity index (χ3v) is 6.50. The van der Waals surface area contributed by atoms with Gasteiger partial charge in [-0.15, -0.1) is 0 Å². The van der Waals surface area contributed by atoms with Gasteiger partial charge >= 0.3 is 0 Å². The summed E-state index contributed by atoms with van der Waals surface area (Å²) in [7, 11) is 3.66. The fourth-order valence-electron chi connectivity index (χ4n) is 5.14. The van der Waals surface area contributed by atoms with Gasteiger partial charge < -0.3 is 19.3 Å². The van der Waals surface area contributed by atoms with Gasteiger partial charge in [0.05, 0.1) is 13.2 Å². The highest BCUT2D eigenvalue weighted by molar-refractivity contribution is 5.00. The largest absolute Gasteiger partial charge is 0.384 e. The van der Waals surface area contributed by atoms with Crippen LogP contribution in [0.3, 0.4) is 0 Å². The van der Waals surface area contributed by atoms with Gasteiger partial charge in [0.25, 0.3) is 0 Å². The lowest BCUT2D eigenvalue weighted by molar-refractivity contribution is 0.0237. The summed E-state index contributed by atoms with van der Waals surface area (Å²) >= 11 is 0. The van der Waals surface area contributed by atoms with Gasteiger partial charge in [0.1, 0.15) is 0 Å². The monoisotopic (exact) mass is 310 g/mol. The first-order chi connectivity index (χ1) is 10.8. The van der Waals surface area contributed by atoms with E-state index in [1.165, 1.54) is 64.7 Å². The van der Waals surface area contributed by atoms with Crippen LogP contribution in [0.25, 0.3) is 0 Å². The van der Waals surface area contributed by atoms with Gasteiger partial charge in [0.15, 0.2) is 0 Å². The molecule has 128 valence electrons. The molecule has 1 spiro atoms. The van der Waals surface area contributed by atoms with Crippen LogP contribution in [0.4, 0.5) is 0 Å². The van der Waals surface area contributed by atoms with Gasteiger partial charge in [0, 0.05) is 45.8 Å². The summed E-state index contributed by atoms with van der Waals surface area (Å²) in [4.78, 5) is 5.40. The van der Waals surface area contributed by atoms with Crippen LogP contribution in [-0.4, -0.2) is 76.0 Å². The Morgan fingerprint density at radius 1 is 1.05 bits per heavy atom. The van der Waals surface area contributed by atoms with Gasteiger partial charge in [-0.05, 0) is 44.2 Å². The highest BCUT2D eigenvalue weighted by atomic mass is 16.5. The number of piperidine rings is 1. The van der Waals surface area contributed by atoms with Crippen LogP contribution in [0.15, 0.2) is 0 Å². The highest BCUT2D eigenvalue weighted by Gasteiger charge is 2.48. The van der Waals surface area contributed by atoms with E-state index in [1.54, 1.807) is 7.11 Å². The molecule has 0 N–H and O–H groups in total. The molecule has 4 heteroatoms. The van der Waals surface area contributed by atoms with Crippen LogP contribution >= 0.6 is 0 Å². The molecule has 3 rings (SSSR count). The van der Waals surface area contributed by atoms with E-state index in [-0.39, 0.29) is 0 Å². The van der Waals surface area contributed by atoms with Crippen molar-refractivity contribution in [2.45, 2.75) is 44.6 Å². The number of nitrogens with zero attached hydrogens (tertiary/aromatic N) is 2. The fraction of sp³-hybridized carbons (Fsp3) is 1.00. The maximum Gasteiger partial charge on any atom is 0.0589 e. The van der Waals surface area contributed by atoms with Gasteiger partial charge in [0.2, 0.25) is 0 Å². The highest BCUT2D eigenvalue weighted by Crippen LogP contribution is 2.45. The van der Waals surface area contributed by atoms with Crippen LogP contribution in [-0.2, 0) is 9.47 Å². The van der Waals surface area contributed by atoms with E-state index >= 15 is 0 Å². The van der Waals surface area contributed by atoms with E-state index in [2.05, 4.69) is 9.80 Å². The lowest BCUT2D eigenvalue weighted by Gasteiger charge is -2.44. The van der Waals surface area contributed by atoms with Gasteiger partial charge in [-0.2, -0.15) is 0 Å². The SMILES string of the molecule is COCCN1C[C@@H](COC)C2(CCN(C3CCCC3)CC2)C1. The van der Waals surface area contributed by atoms with Crippen molar-refractivity contribution in [2.75, 3.05) is 60.2 Å². The van der Waals surface area contributed by atoms with E-state index in [0.717, 1.165) is 25.8 Å². The Hall–Kier alpha value is -0.160. The summed E-state index contributed by atoms with van der Waals surface area (Å²) in [6, 6.07) is 0.893. The molecular formula is C18H34N2O2. The minimum Gasteiger partial charge on any atom is -0.384 e. The molecule has 1 aliphatic carbocycles. The second kappa shape index (κ2) is 7.61. The Balaban J connectivity index is 1.58. The minimum atomic E-state index is 0.499. The Labute approximate surface area is 136 Å². The van der Waals surface area contributed by atoms with Crippen molar-refractivity contribution >= 4 is 0 Å². The zero-order chi connectivity index (χ0) is 15.4. The van der Waals surface area contributed by atoms with Crippen molar-refractivity contribution in [3.05, 3.63) is 0 Å². The lowest BCUT2D eigenvalue weighted by Crippen LogP contribution is -2.48. The number of hydrogen-bond acceptors (Lipinski definition) is 4. The zero-order valence-electron chi connectivity index (χ0n) is 14.6. The quantitative estimate of drug-likeness (QED) is 0.751. The average Bonchev–Trinajstić information content (AvgIpc) is 3.16. The number of rotatable bonds is 6. The van der Waals surface area contributed by atoms with Crippen molar-refractivity contribution in [2.24, 2.45) is 11.3 Å². The molecule has 0 aromatic rings. The number of ether oxygens (including phenoxy) is 2. The summed E-state index contributed by atoms with van der Waals surface area (Å²) < 4.78 is 10.8. The number of methoxy groups -OCH3 is 2. The second-order valence-corrected chi connectivity index (χ2v) is 7.72. The predicted molar refractivity (Wildman–Crippen MR) is 89.2 cm³/mol. The molecule has 22 heavy (non-hydrogen) atoms. The molecule has 1 saturated carbocycles. The maximum atomic E-state index is 5.56. The second-order valence-electron chi connectivity index (χ2n) is 7.72. The number of hydrogen-bond donors (Lipinski definition) is 0. The van der Waals surface area contributed by atoms with E-state index in [4.69, 9.17) is 9.47 Å². The molecule has 0 aromatic carbocycles. The fourth-order valence-corrected chi connectivity index (χ4v) is 5.14. The molecule has 2 saturated heterocycles. The molecule has 0 bridgehead atoms. The van der Waals surface area contributed by atoms with Crippen molar-refractivity contribution in [1.29, 1.82) is 0 Å². The van der Waals surface area contributed by atoms with Gasteiger partial charge in [-0.3, -0.25) is 0 Å². The van der Waals surface area contributed by atoms with Crippen molar-refractivity contribution in [1.82, 2.24) is 9.80 Å². The molecule has 3 fully saturated rings. The van der Waals surface area contributed by atoms with Crippen molar-refractivity contribution in [3.8, 4) is 0 Å². The Morgan fingerprint density at radius 2 is 1.77 bits per heavy atom. The summed E-state index contributed by atoms with van der Waals surface area (Å²) in [6.45, 7) is 7.91. The first kappa shape index (κ1) is 16.7. The minimum absolute atomic E-state index is 0.499. The maximum absolute atomic E-state index is 5.56. The molecule has 0 aromatic heterocycles. The normalized spacial score (nSPS) is 30.5.